The normalized spacial score (nSPS) is 26.5. The molecule has 2 unspecified atom stereocenters. The summed E-state index contributed by atoms with van der Waals surface area (Å²) in [5, 5.41) is 0.753. The summed E-state index contributed by atoms with van der Waals surface area (Å²) in [7, 11) is 0. The van der Waals surface area contributed by atoms with Crippen LogP contribution in [0.1, 0.15) is 114 Å². The summed E-state index contributed by atoms with van der Waals surface area (Å²) in [4.78, 5) is 23.7. The summed E-state index contributed by atoms with van der Waals surface area (Å²) >= 11 is 6.70. The molecule has 1 aromatic carbocycles. The van der Waals surface area contributed by atoms with Gasteiger partial charge in [0.05, 0.1) is 0 Å². The fourth-order valence-electron chi connectivity index (χ4n) is 5.35. The number of halogens is 3. The summed E-state index contributed by atoms with van der Waals surface area (Å²) in [5.41, 5.74) is 2.30. The quantitative estimate of drug-likeness (QED) is 0.301. The molecule has 7 heteroatoms. The van der Waals surface area contributed by atoms with E-state index in [1.165, 1.54) is 5.56 Å². The number of hydrogen-bond acceptors (Lipinski definition) is 4. The van der Waals surface area contributed by atoms with Gasteiger partial charge in [0.15, 0.2) is 12.3 Å². The molecule has 0 radical (unpaired) electrons. The standard InChI is InChI=1S/C28H39ClF2O4/c1-3-5-25(30)27(32)34-21-12-7-18(8-13-21)20-11-16-23(24(29)17-20)19-9-14-22(15-10-19)35-28(33)26(31)6-4-2/h11,16-19,21-22,25-26H,3-10,12-15H2,1-2H3. The summed E-state index contributed by atoms with van der Waals surface area (Å²) in [5.74, 6) is -0.805. The molecule has 2 aliphatic rings. The molecule has 0 spiro atoms. The predicted octanol–water partition coefficient (Wildman–Crippen LogP) is 7.76. The Balaban J connectivity index is 1.47. The van der Waals surface area contributed by atoms with Gasteiger partial charge in [0.2, 0.25) is 0 Å². The highest BCUT2D eigenvalue weighted by Gasteiger charge is 2.30. The van der Waals surface area contributed by atoms with Gasteiger partial charge < -0.3 is 9.47 Å². The lowest BCUT2D eigenvalue weighted by atomic mass is 9.80. The van der Waals surface area contributed by atoms with E-state index < -0.39 is 24.3 Å². The van der Waals surface area contributed by atoms with E-state index in [1.807, 2.05) is 13.8 Å². The average molecular weight is 513 g/mol. The van der Waals surface area contributed by atoms with E-state index in [4.69, 9.17) is 21.1 Å². The maximum absolute atomic E-state index is 13.7. The van der Waals surface area contributed by atoms with E-state index in [9.17, 15) is 18.4 Å². The number of carbonyl (C=O) groups is 2. The smallest absolute Gasteiger partial charge is 0.340 e. The Morgan fingerprint density at radius 3 is 1.71 bits per heavy atom. The van der Waals surface area contributed by atoms with Crippen molar-refractivity contribution in [3.05, 3.63) is 34.3 Å². The van der Waals surface area contributed by atoms with Crippen LogP contribution in [0.25, 0.3) is 0 Å². The second kappa shape index (κ2) is 13.6. The number of hydrogen-bond donors (Lipinski definition) is 0. The maximum atomic E-state index is 13.7. The Kier molecular flexibility index (Phi) is 10.8. The summed E-state index contributed by atoms with van der Waals surface area (Å²) in [6, 6.07) is 6.30. The first-order chi connectivity index (χ1) is 16.8. The largest absolute Gasteiger partial charge is 0.460 e. The molecular weight excluding hydrogens is 474 g/mol. The molecule has 3 rings (SSSR count). The van der Waals surface area contributed by atoms with Crippen molar-refractivity contribution in [3.63, 3.8) is 0 Å². The number of carbonyl (C=O) groups excluding carboxylic acids is 2. The third kappa shape index (κ3) is 7.90. The van der Waals surface area contributed by atoms with Crippen molar-refractivity contribution in [1.29, 1.82) is 0 Å². The van der Waals surface area contributed by atoms with Crippen molar-refractivity contribution in [1.82, 2.24) is 0 Å². The van der Waals surface area contributed by atoms with Gasteiger partial charge in [-0.15, -0.1) is 0 Å². The summed E-state index contributed by atoms with van der Waals surface area (Å²) in [6.45, 7) is 3.69. The molecule has 35 heavy (non-hydrogen) atoms. The van der Waals surface area contributed by atoms with Gasteiger partial charge in [-0.2, -0.15) is 0 Å². The third-order valence-electron chi connectivity index (χ3n) is 7.45. The number of benzene rings is 1. The molecule has 2 aliphatic carbocycles. The van der Waals surface area contributed by atoms with Gasteiger partial charge in [0.1, 0.15) is 12.2 Å². The molecule has 196 valence electrons. The van der Waals surface area contributed by atoms with Crippen LogP contribution in [0.4, 0.5) is 8.78 Å². The molecule has 1 aromatic rings. The van der Waals surface area contributed by atoms with E-state index in [-0.39, 0.29) is 25.0 Å². The first-order valence-electron chi connectivity index (χ1n) is 13.3. The minimum Gasteiger partial charge on any atom is -0.460 e. The van der Waals surface area contributed by atoms with Gasteiger partial charge in [-0.25, -0.2) is 18.4 Å². The van der Waals surface area contributed by atoms with Gasteiger partial charge in [-0.3, -0.25) is 0 Å². The first kappa shape index (κ1) is 27.9. The highest BCUT2D eigenvalue weighted by atomic mass is 35.5. The van der Waals surface area contributed by atoms with E-state index in [0.29, 0.717) is 37.5 Å². The second-order valence-corrected chi connectivity index (χ2v) is 10.5. The SMILES string of the molecule is CCCC(F)C(=O)OC1CCC(c2ccc(C3CCC(OC(=O)C(F)CCC)CC3)c(Cl)c2)CC1. The molecule has 2 fully saturated rings. The van der Waals surface area contributed by atoms with Gasteiger partial charge in [0.25, 0.3) is 0 Å². The van der Waals surface area contributed by atoms with Crippen LogP contribution in [0.5, 0.6) is 0 Å². The van der Waals surface area contributed by atoms with Crippen LogP contribution >= 0.6 is 11.6 Å². The number of alkyl halides is 2. The van der Waals surface area contributed by atoms with Crippen molar-refractivity contribution in [3.8, 4) is 0 Å². The van der Waals surface area contributed by atoms with Crippen molar-refractivity contribution < 1.29 is 27.8 Å². The van der Waals surface area contributed by atoms with Gasteiger partial charge >= 0.3 is 11.9 Å². The van der Waals surface area contributed by atoms with E-state index >= 15 is 0 Å². The van der Waals surface area contributed by atoms with Crippen molar-refractivity contribution in [2.75, 3.05) is 0 Å². The van der Waals surface area contributed by atoms with Crippen molar-refractivity contribution in [2.24, 2.45) is 0 Å². The molecule has 0 bridgehead atoms. The minimum absolute atomic E-state index is 0.206. The molecule has 2 atom stereocenters. The molecular formula is C28H39ClF2O4. The second-order valence-electron chi connectivity index (χ2n) is 10.1. The first-order valence-corrected chi connectivity index (χ1v) is 13.7. The number of rotatable bonds is 10. The average Bonchev–Trinajstić information content (AvgIpc) is 2.85. The number of ether oxygens (including phenoxy) is 2. The predicted molar refractivity (Wildman–Crippen MR) is 133 cm³/mol. The molecule has 0 aliphatic heterocycles. The topological polar surface area (TPSA) is 52.6 Å². The Morgan fingerprint density at radius 1 is 0.829 bits per heavy atom. The Bertz CT molecular complexity index is 832. The zero-order chi connectivity index (χ0) is 25.4. The Labute approximate surface area is 213 Å². The molecule has 4 nitrogen and oxygen atoms in total. The van der Waals surface area contributed by atoms with Gasteiger partial charge in [-0.05, 0) is 93.2 Å². The fraction of sp³-hybridized carbons (Fsp3) is 0.714. The van der Waals surface area contributed by atoms with Crippen molar-refractivity contribution >= 4 is 23.5 Å². The number of esters is 2. The Hall–Kier alpha value is -1.69. The fourth-order valence-corrected chi connectivity index (χ4v) is 5.70. The van der Waals surface area contributed by atoms with Crippen LogP contribution in [0.15, 0.2) is 18.2 Å². The molecule has 0 N–H and O–H groups in total. The molecule has 2 saturated carbocycles. The van der Waals surface area contributed by atoms with Crippen LogP contribution in [0, 0.1) is 0 Å². The van der Waals surface area contributed by atoms with Gasteiger partial charge in [-0.1, -0.05) is 50.4 Å². The Morgan fingerprint density at radius 2 is 1.29 bits per heavy atom. The highest BCUT2D eigenvalue weighted by Crippen LogP contribution is 2.40. The van der Waals surface area contributed by atoms with Crippen LogP contribution < -0.4 is 0 Å². The van der Waals surface area contributed by atoms with E-state index in [0.717, 1.165) is 49.1 Å². The van der Waals surface area contributed by atoms with Crippen LogP contribution in [-0.2, 0) is 19.1 Å². The highest BCUT2D eigenvalue weighted by molar-refractivity contribution is 6.31. The molecule has 0 aromatic heterocycles. The van der Waals surface area contributed by atoms with Gasteiger partial charge in [0, 0.05) is 5.02 Å². The lowest BCUT2D eigenvalue weighted by Crippen LogP contribution is -2.28. The molecule has 0 heterocycles. The molecule has 0 amide bonds. The summed E-state index contributed by atoms with van der Waals surface area (Å²) in [6.07, 6.45) is 4.54. The van der Waals surface area contributed by atoms with E-state index in [2.05, 4.69) is 18.2 Å². The molecule has 0 saturated heterocycles. The summed E-state index contributed by atoms with van der Waals surface area (Å²) < 4.78 is 38.2. The third-order valence-corrected chi connectivity index (χ3v) is 7.77. The van der Waals surface area contributed by atoms with Crippen molar-refractivity contribution in [2.45, 2.75) is 127 Å². The van der Waals surface area contributed by atoms with Crippen LogP contribution in [-0.4, -0.2) is 36.5 Å². The minimum atomic E-state index is -1.52. The maximum Gasteiger partial charge on any atom is 0.340 e. The monoisotopic (exact) mass is 512 g/mol. The zero-order valence-electron chi connectivity index (χ0n) is 20.9. The van der Waals surface area contributed by atoms with E-state index in [1.54, 1.807) is 0 Å². The lowest BCUT2D eigenvalue weighted by molar-refractivity contribution is -0.157. The zero-order valence-corrected chi connectivity index (χ0v) is 21.7. The van der Waals surface area contributed by atoms with Crippen LogP contribution in [0.2, 0.25) is 5.02 Å². The lowest BCUT2D eigenvalue weighted by Gasteiger charge is -2.31. The van der Waals surface area contributed by atoms with Crippen LogP contribution in [0.3, 0.4) is 0 Å².